The van der Waals surface area contributed by atoms with E-state index in [0.29, 0.717) is 5.75 Å². The van der Waals surface area contributed by atoms with Gasteiger partial charge in [0, 0.05) is 0 Å². The molecule has 0 heterocycles. The third-order valence-corrected chi connectivity index (χ3v) is 3.85. The summed E-state index contributed by atoms with van der Waals surface area (Å²) in [5, 5.41) is 8.61. The van der Waals surface area contributed by atoms with Gasteiger partial charge < -0.3 is 9.63 Å². The Balaban J connectivity index is 2.64. The summed E-state index contributed by atoms with van der Waals surface area (Å²) in [4.78, 5) is 0. The van der Waals surface area contributed by atoms with Crippen molar-refractivity contribution in [2.75, 3.05) is 12.8 Å². The predicted octanol–water partition coefficient (Wildman–Crippen LogP) is 2.13. The van der Waals surface area contributed by atoms with Gasteiger partial charge in [-0.2, -0.15) is 0 Å². The van der Waals surface area contributed by atoms with E-state index >= 15 is 0 Å². The van der Waals surface area contributed by atoms with E-state index < -0.39 is 7.06 Å². The minimum atomic E-state index is -2.75. The molecule has 0 aromatic heterocycles. The van der Waals surface area contributed by atoms with Crippen LogP contribution in [0.4, 0.5) is 0 Å². The molecule has 1 N–H and O–H groups in total. The molecule has 0 aliphatic heterocycles. The van der Waals surface area contributed by atoms with E-state index in [9.17, 15) is 4.57 Å². The number of hydrogen-bond acceptors (Lipinski definition) is 3. The molecule has 13 heavy (non-hydrogen) atoms. The lowest BCUT2D eigenvalue weighted by Crippen LogP contribution is -1.95. The molecule has 0 aliphatic rings. The van der Waals surface area contributed by atoms with Gasteiger partial charge in [-0.15, -0.1) is 0 Å². The van der Waals surface area contributed by atoms with Gasteiger partial charge in [-0.1, -0.05) is 18.2 Å². The Kier molecular flexibility index (Phi) is 3.92. The van der Waals surface area contributed by atoms with Crippen LogP contribution in [0.1, 0.15) is 0 Å². The molecule has 1 rings (SSSR count). The van der Waals surface area contributed by atoms with Gasteiger partial charge in [0.15, 0.2) is 0 Å². The van der Waals surface area contributed by atoms with Gasteiger partial charge in [-0.05, 0) is 21.1 Å². The smallest absolute Gasteiger partial charge is 0.262 e. The molecule has 3 nitrogen and oxygen atoms in total. The Bertz CT molecular complexity index is 300. The van der Waals surface area contributed by atoms with Crippen molar-refractivity contribution in [3.63, 3.8) is 0 Å². The zero-order chi connectivity index (χ0) is 9.73. The maximum Gasteiger partial charge on any atom is 0.262 e. The van der Waals surface area contributed by atoms with E-state index in [4.69, 9.17) is 9.63 Å². The standard InChI is InChI=1S/C8H12O3P2/c9-6-7-13(10,12)11-8-4-2-1-3-5-8/h1-5,9H,6-7,12H2. The molecular formula is C8H12O3P2. The van der Waals surface area contributed by atoms with Crippen LogP contribution in [0.5, 0.6) is 5.75 Å². The van der Waals surface area contributed by atoms with E-state index in [-0.39, 0.29) is 12.8 Å². The summed E-state index contributed by atoms with van der Waals surface area (Å²) in [7, 11) is -0.589. The monoisotopic (exact) mass is 218 g/mol. The summed E-state index contributed by atoms with van der Waals surface area (Å²) >= 11 is 0. The average Bonchev–Trinajstić information content (AvgIpc) is 2.04. The molecule has 0 spiro atoms. The lowest BCUT2D eigenvalue weighted by molar-refractivity contribution is 0.316. The highest BCUT2D eigenvalue weighted by atomic mass is 32.0. The maximum absolute atomic E-state index is 11.6. The summed E-state index contributed by atoms with van der Waals surface area (Å²) in [6.45, 7) is -0.131. The van der Waals surface area contributed by atoms with Crippen molar-refractivity contribution < 1.29 is 14.2 Å². The van der Waals surface area contributed by atoms with Crippen LogP contribution in [-0.4, -0.2) is 17.9 Å². The molecule has 0 aliphatic carbocycles. The lowest BCUT2D eigenvalue weighted by atomic mass is 10.3. The topological polar surface area (TPSA) is 46.5 Å². The average molecular weight is 218 g/mol. The Morgan fingerprint density at radius 2 is 2.00 bits per heavy atom. The predicted molar refractivity (Wildman–Crippen MR) is 56.3 cm³/mol. The first-order valence-corrected chi connectivity index (χ1v) is 7.30. The van der Waals surface area contributed by atoms with E-state index in [0.717, 1.165) is 0 Å². The van der Waals surface area contributed by atoms with Crippen LogP contribution in [-0.2, 0) is 4.57 Å². The number of benzene rings is 1. The summed E-state index contributed by atoms with van der Waals surface area (Å²) < 4.78 is 16.8. The zero-order valence-electron chi connectivity index (χ0n) is 7.09. The van der Waals surface area contributed by atoms with Crippen LogP contribution in [0.25, 0.3) is 0 Å². The minimum absolute atomic E-state index is 0.131. The molecule has 0 saturated carbocycles. The van der Waals surface area contributed by atoms with E-state index in [1.807, 2.05) is 6.07 Å². The van der Waals surface area contributed by atoms with Crippen LogP contribution >= 0.6 is 16.0 Å². The van der Waals surface area contributed by atoms with Crippen molar-refractivity contribution in [1.29, 1.82) is 0 Å². The first-order valence-electron chi connectivity index (χ1n) is 3.87. The molecular weight excluding hydrogens is 206 g/mol. The number of rotatable bonds is 4. The third kappa shape index (κ3) is 3.91. The summed E-state index contributed by atoms with van der Waals surface area (Å²) in [6, 6.07) is 8.92. The van der Waals surface area contributed by atoms with Gasteiger partial charge in [-0.3, -0.25) is 4.57 Å². The fourth-order valence-electron chi connectivity index (χ4n) is 0.845. The second-order valence-electron chi connectivity index (χ2n) is 2.58. The van der Waals surface area contributed by atoms with Crippen molar-refractivity contribution in [3.05, 3.63) is 30.3 Å². The second kappa shape index (κ2) is 4.76. The van der Waals surface area contributed by atoms with Crippen molar-refractivity contribution in [1.82, 2.24) is 0 Å². The normalized spacial score (nSPS) is 14.9. The largest absolute Gasteiger partial charge is 0.440 e. The second-order valence-corrected chi connectivity index (χ2v) is 7.02. The molecule has 2 unspecified atom stereocenters. The molecule has 0 bridgehead atoms. The van der Waals surface area contributed by atoms with Crippen molar-refractivity contribution in [2.24, 2.45) is 0 Å². The van der Waals surface area contributed by atoms with E-state index in [2.05, 4.69) is 8.93 Å². The van der Waals surface area contributed by atoms with Crippen molar-refractivity contribution in [2.45, 2.75) is 0 Å². The van der Waals surface area contributed by atoms with Crippen LogP contribution in [0.15, 0.2) is 30.3 Å². The van der Waals surface area contributed by atoms with Gasteiger partial charge in [-0.25, -0.2) is 0 Å². The molecule has 5 heteroatoms. The number of para-hydroxylation sites is 1. The molecule has 1 aromatic carbocycles. The Hall–Kier alpha value is -0.360. The van der Waals surface area contributed by atoms with E-state index in [1.54, 1.807) is 24.3 Å². The van der Waals surface area contributed by atoms with Crippen LogP contribution in [0, 0.1) is 0 Å². The molecule has 72 valence electrons. The summed E-state index contributed by atoms with van der Waals surface area (Å²) in [6.07, 6.45) is 0.159. The SMILES string of the molecule is O=P(P)(CCO)Oc1ccccc1. The molecule has 0 fully saturated rings. The highest BCUT2D eigenvalue weighted by molar-refractivity contribution is 8.15. The van der Waals surface area contributed by atoms with Gasteiger partial charge in [0.2, 0.25) is 0 Å². The van der Waals surface area contributed by atoms with Gasteiger partial charge in [0.05, 0.1) is 12.8 Å². The third-order valence-electron chi connectivity index (χ3n) is 1.41. The van der Waals surface area contributed by atoms with Crippen LogP contribution in [0.2, 0.25) is 0 Å². The lowest BCUT2D eigenvalue weighted by Gasteiger charge is -2.13. The Morgan fingerprint density at radius 1 is 1.38 bits per heavy atom. The summed E-state index contributed by atoms with van der Waals surface area (Å²) in [5.74, 6) is 0.564. The highest BCUT2D eigenvalue weighted by Gasteiger charge is 2.15. The highest BCUT2D eigenvalue weighted by Crippen LogP contribution is 2.54. The van der Waals surface area contributed by atoms with Crippen LogP contribution < -0.4 is 4.52 Å². The molecule has 0 saturated heterocycles. The molecule has 1 aromatic rings. The first-order chi connectivity index (χ1) is 6.14. The Morgan fingerprint density at radius 3 is 2.54 bits per heavy atom. The van der Waals surface area contributed by atoms with Crippen LogP contribution in [0.3, 0.4) is 0 Å². The molecule has 0 amide bonds. The van der Waals surface area contributed by atoms with Gasteiger partial charge >= 0.3 is 0 Å². The number of aliphatic hydroxyl groups is 1. The quantitative estimate of drug-likeness (QED) is 0.787. The van der Waals surface area contributed by atoms with Crippen molar-refractivity contribution in [3.8, 4) is 5.75 Å². The first kappa shape index (κ1) is 10.7. The number of hydrogen-bond donors (Lipinski definition) is 1. The number of aliphatic hydroxyl groups excluding tert-OH is 1. The van der Waals surface area contributed by atoms with Crippen molar-refractivity contribution >= 4 is 16.0 Å². The van der Waals surface area contributed by atoms with E-state index in [1.165, 1.54) is 0 Å². The van der Waals surface area contributed by atoms with Gasteiger partial charge in [0.25, 0.3) is 7.06 Å². The fraction of sp³-hybridized carbons (Fsp3) is 0.250. The zero-order valence-corrected chi connectivity index (χ0v) is 9.14. The molecule has 2 atom stereocenters. The van der Waals surface area contributed by atoms with Gasteiger partial charge in [0.1, 0.15) is 5.75 Å². The maximum atomic E-state index is 11.6. The molecule has 0 radical (unpaired) electrons. The minimum Gasteiger partial charge on any atom is -0.440 e. The summed E-state index contributed by atoms with van der Waals surface area (Å²) in [5.41, 5.74) is 0. The Labute approximate surface area is 79.7 Å². The fourth-order valence-corrected chi connectivity index (χ4v) is 2.40.